The molecular weight excluding hydrogens is 340 g/mol. The first-order chi connectivity index (χ1) is 12.1. The smallest absolute Gasteiger partial charge is 0.241 e. The van der Waals surface area contributed by atoms with E-state index in [0.29, 0.717) is 11.6 Å². The molecule has 2 aromatic rings. The van der Waals surface area contributed by atoms with Gasteiger partial charge in [-0.15, -0.1) is 0 Å². The minimum Gasteiger partial charge on any atom is -0.497 e. The van der Waals surface area contributed by atoms with Gasteiger partial charge < -0.3 is 9.64 Å². The van der Waals surface area contributed by atoms with Crippen LogP contribution in [-0.2, 0) is 16.6 Å². The van der Waals surface area contributed by atoms with Crippen molar-refractivity contribution in [2.45, 2.75) is 30.7 Å². The number of aromatic nitrogens is 2. The number of piperidine rings is 1. The molecule has 1 saturated heterocycles. The van der Waals surface area contributed by atoms with Gasteiger partial charge in [0.05, 0.1) is 18.6 Å². The van der Waals surface area contributed by atoms with Gasteiger partial charge in [-0.2, -0.15) is 0 Å². The first kappa shape index (κ1) is 17.6. The van der Waals surface area contributed by atoms with E-state index in [1.54, 1.807) is 18.3 Å². The molecule has 0 spiro atoms. The fraction of sp³-hybridized carbons (Fsp3) is 0.412. The van der Waals surface area contributed by atoms with E-state index < -0.39 is 10.0 Å². The number of hydrogen-bond acceptors (Lipinski definition) is 6. The molecule has 0 aliphatic carbocycles. The number of hydrogen-bond donors (Lipinski definition) is 1. The average molecular weight is 362 g/mol. The Balaban J connectivity index is 1.70. The van der Waals surface area contributed by atoms with Crippen molar-refractivity contribution in [2.75, 3.05) is 25.1 Å². The second-order valence-electron chi connectivity index (χ2n) is 5.88. The van der Waals surface area contributed by atoms with Crippen LogP contribution >= 0.6 is 0 Å². The van der Waals surface area contributed by atoms with Crippen LogP contribution in [-0.4, -0.2) is 38.6 Å². The molecule has 0 radical (unpaired) electrons. The normalized spacial score (nSPS) is 15.2. The summed E-state index contributed by atoms with van der Waals surface area (Å²) in [5.41, 5.74) is 0. The van der Waals surface area contributed by atoms with Crippen LogP contribution in [0, 0.1) is 0 Å². The molecule has 25 heavy (non-hydrogen) atoms. The zero-order valence-corrected chi connectivity index (χ0v) is 15.0. The number of sulfonamides is 1. The number of rotatable bonds is 6. The van der Waals surface area contributed by atoms with Crippen molar-refractivity contribution in [3.63, 3.8) is 0 Å². The van der Waals surface area contributed by atoms with Crippen molar-refractivity contribution in [3.05, 3.63) is 42.4 Å². The monoisotopic (exact) mass is 362 g/mol. The molecule has 0 amide bonds. The molecule has 1 aromatic heterocycles. The summed E-state index contributed by atoms with van der Waals surface area (Å²) in [4.78, 5) is 11.0. The molecule has 134 valence electrons. The summed E-state index contributed by atoms with van der Waals surface area (Å²) in [6, 6.07) is 8.21. The second-order valence-corrected chi connectivity index (χ2v) is 7.65. The van der Waals surface area contributed by atoms with Crippen LogP contribution in [0.3, 0.4) is 0 Å². The Bertz CT molecular complexity index is 820. The Labute approximate surface area is 148 Å². The third-order valence-electron chi connectivity index (χ3n) is 4.14. The van der Waals surface area contributed by atoms with Crippen LogP contribution in [0.25, 0.3) is 0 Å². The highest BCUT2D eigenvalue weighted by molar-refractivity contribution is 7.89. The van der Waals surface area contributed by atoms with E-state index in [4.69, 9.17) is 4.74 Å². The lowest BCUT2D eigenvalue weighted by Crippen LogP contribution is -2.31. The van der Waals surface area contributed by atoms with Gasteiger partial charge in [0.2, 0.25) is 10.0 Å². The van der Waals surface area contributed by atoms with Crippen molar-refractivity contribution in [1.29, 1.82) is 0 Å². The van der Waals surface area contributed by atoms with Crippen LogP contribution in [0.1, 0.15) is 25.1 Å². The number of ether oxygens (including phenoxy) is 1. The molecule has 0 unspecified atom stereocenters. The van der Waals surface area contributed by atoms with Crippen LogP contribution in [0.15, 0.2) is 41.4 Å². The summed E-state index contributed by atoms with van der Waals surface area (Å²) in [6.07, 6.45) is 5.23. The minimum atomic E-state index is -3.65. The summed E-state index contributed by atoms with van der Waals surface area (Å²) in [5, 5.41) is 0. The topological polar surface area (TPSA) is 84.4 Å². The molecule has 1 aliphatic heterocycles. The van der Waals surface area contributed by atoms with Crippen molar-refractivity contribution in [3.8, 4) is 5.75 Å². The van der Waals surface area contributed by atoms with E-state index in [9.17, 15) is 8.42 Å². The van der Waals surface area contributed by atoms with Gasteiger partial charge in [-0.25, -0.2) is 23.1 Å². The molecule has 1 N–H and O–H groups in total. The first-order valence-electron chi connectivity index (χ1n) is 8.29. The van der Waals surface area contributed by atoms with Gasteiger partial charge in [0.15, 0.2) is 0 Å². The summed E-state index contributed by atoms with van der Waals surface area (Å²) >= 11 is 0. The highest BCUT2D eigenvalue weighted by Gasteiger charge is 2.16. The van der Waals surface area contributed by atoms with Crippen LogP contribution < -0.4 is 14.4 Å². The van der Waals surface area contributed by atoms with Gasteiger partial charge >= 0.3 is 0 Å². The SMILES string of the molecule is COc1cccc(S(=O)(=O)NCc2nccc(N3CCCCC3)n2)c1. The van der Waals surface area contributed by atoms with Gasteiger partial charge in [0.1, 0.15) is 17.4 Å². The van der Waals surface area contributed by atoms with Crippen molar-refractivity contribution in [2.24, 2.45) is 0 Å². The van der Waals surface area contributed by atoms with Crippen molar-refractivity contribution >= 4 is 15.8 Å². The maximum Gasteiger partial charge on any atom is 0.241 e. The van der Waals surface area contributed by atoms with Gasteiger partial charge in [-0.1, -0.05) is 6.07 Å². The maximum atomic E-state index is 12.4. The highest BCUT2D eigenvalue weighted by atomic mass is 32.2. The number of anilines is 1. The summed E-state index contributed by atoms with van der Waals surface area (Å²) in [5.74, 6) is 1.80. The van der Waals surface area contributed by atoms with Crippen LogP contribution in [0.4, 0.5) is 5.82 Å². The van der Waals surface area contributed by atoms with Gasteiger partial charge in [0, 0.05) is 25.4 Å². The molecule has 0 atom stereocenters. The van der Waals surface area contributed by atoms with Gasteiger partial charge in [-0.05, 0) is 37.5 Å². The highest BCUT2D eigenvalue weighted by Crippen LogP contribution is 2.18. The van der Waals surface area contributed by atoms with E-state index in [1.165, 1.54) is 25.7 Å². The fourth-order valence-corrected chi connectivity index (χ4v) is 3.80. The van der Waals surface area contributed by atoms with E-state index in [-0.39, 0.29) is 11.4 Å². The zero-order valence-electron chi connectivity index (χ0n) is 14.2. The van der Waals surface area contributed by atoms with Crippen LogP contribution in [0.2, 0.25) is 0 Å². The molecule has 1 aromatic carbocycles. The number of nitrogens with zero attached hydrogens (tertiary/aromatic N) is 3. The number of methoxy groups -OCH3 is 1. The average Bonchev–Trinajstić information content (AvgIpc) is 2.67. The molecule has 3 rings (SSSR count). The molecule has 1 aliphatic rings. The molecule has 0 bridgehead atoms. The third-order valence-corrected chi connectivity index (χ3v) is 5.54. The quantitative estimate of drug-likeness (QED) is 0.846. The summed E-state index contributed by atoms with van der Waals surface area (Å²) < 4.78 is 32.5. The molecule has 1 fully saturated rings. The summed E-state index contributed by atoms with van der Waals surface area (Å²) in [6.45, 7) is 2.00. The predicted molar refractivity (Wildman–Crippen MR) is 95.1 cm³/mol. The number of benzene rings is 1. The lowest BCUT2D eigenvalue weighted by Gasteiger charge is -2.27. The Kier molecular flexibility index (Phi) is 5.50. The standard InChI is InChI=1S/C17H22N4O3S/c1-24-14-6-5-7-15(12-14)25(22,23)19-13-16-18-9-8-17(20-16)21-10-3-2-4-11-21/h5-9,12,19H,2-4,10-11,13H2,1H3. The predicted octanol–water partition coefficient (Wildman–Crippen LogP) is 1.95. The Morgan fingerprint density at radius 1 is 1.20 bits per heavy atom. The maximum absolute atomic E-state index is 12.4. The summed E-state index contributed by atoms with van der Waals surface area (Å²) in [7, 11) is -2.15. The van der Waals surface area contributed by atoms with Crippen molar-refractivity contribution < 1.29 is 13.2 Å². The lowest BCUT2D eigenvalue weighted by molar-refractivity contribution is 0.413. The Morgan fingerprint density at radius 3 is 2.76 bits per heavy atom. The first-order valence-corrected chi connectivity index (χ1v) is 9.77. The Morgan fingerprint density at radius 2 is 2.00 bits per heavy atom. The second kappa shape index (κ2) is 7.79. The largest absolute Gasteiger partial charge is 0.497 e. The van der Waals surface area contributed by atoms with E-state index in [1.807, 2.05) is 6.07 Å². The molecular formula is C17H22N4O3S. The minimum absolute atomic E-state index is 0.0429. The molecule has 8 heteroatoms. The number of nitrogens with one attached hydrogen (secondary N) is 1. The molecule has 7 nitrogen and oxygen atoms in total. The fourth-order valence-electron chi connectivity index (χ4n) is 2.78. The van der Waals surface area contributed by atoms with Crippen LogP contribution in [0.5, 0.6) is 5.75 Å². The van der Waals surface area contributed by atoms with Gasteiger partial charge in [-0.3, -0.25) is 0 Å². The Hall–Kier alpha value is -2.19. The van der Waals surface area contributed by atoms with E-state index >= 15 is 0 Å². The van der Waals surface area contributed by atoms with Gasteiger partial charge in [0.25, 0.3) is 0 Å². The van der Waals surface area contributed by atoms with Crippen molar-refractivity contribution in [1.82, 2.24) is 14.7 Å². The van der Waals surface area contributed by atoms with E-state index in [2.05, 4.69) is 19.6 Å². The third kappa shape index (κ3) is 4.46. The molecule has 2 heterocycles. The molecule has 0 saturated carbocycles. The lowest BCUT2D eigenvalue weighted by atomic mass is 10.1. The zero-order chi connectivity index (χ0) is 17.7. The van der Waals surface area contributed by atoms with E-state index in [0.717, 1.165) is 31.7 Å².